The first-order valence-electron chi connectivity index (χ1n) is 5.64. The fourth-order valence-electron chi connectivity index (χ4n) is 2.09. The second-order valence-electron chi connectivity index (χ2n) is 4.08. The molecular weight excluding hydrogens is 236 g/mol. The fourth-order valence-corrected chi connectivity index (χ4v) is 2.22. The fraction of sp³-hybridized carbons (Fsp3) is 0.385. The van der Waals surface area contributed by atoms with Gasteiger partial charge >= 0.3 is 0 Å². The number of para-hydroxylation sites is 1. The van der Waals surface area contributed by atoms with Crippen molar-refractivity contribution in [1.29, 1.82) is 5.26 Å². The minimum atomic E-state index is -0.662. The molecule has 4 heteroatoms. The number of hydrogen-bond acceptors (Lipinski definition) is 2. The minimum absolute atomic E-state index is 0.0517. The average molecular weight is 249 g/mol. The summed E-state index contributed by atoms with van der Waals surface area (Å²) in [4.78, 5) is 13.6. The van der Waals surface area contributed by atoms with Gasteiger partial charge in [0.2, 0.25) is 5.91 Å². The number of carbonyl (C=O) groups excluding carboxylic acids is 1. The molecule has 17 heavy (non-hydrogen) atoms. The van der Waals surface area contributed by atoms with E-state index in [4.69, 9.17) is 16.9 Å². The van der Waals surface area contributed by atoms with Crippen LogP contribution in [-0.2, 0) is 11.2 Å². The van der Waals surface area contributed by atoms with Gasteiger partial charge in [-0.15, -0.1) is 11.6 Å². The first kappa shape index (κ1) is 11.9. The third-order valence-electron chi connectivity index (χ3n) is 2.90. The normalized spacial score (nSPS) is 16.9. The third-order valence-corrected chi connectivity index (χ3v) is 3.14. The van der Waals surface area contributed by atoms with Crippen molar-refractivity contribution < 1.29 is 4.79 Å². The monoisotopic (exact) mass is 248 g/mol. The number of nitrogens with zero attached hydrogens (tertiary/aromatic N) is 2. The largest absolute Gasteiger partial charge is 0.310 e. The summed E-state index contributed by atoms with van der Waals surface area (Å²) in [6, 6.07) is 9.77. The Morgan fingerprint density at radius 3 is 2.94 bits per heavy atom. The molecule has 2 rings (SSSR count). The van der Waals surface area contributed by atoms with Crippen LogP contribution in [0.4, 0.5) is 5.69 Å². The molecule has 1 heterocycles. The third kappa shape index (κ3) is 2.59. The van der Waals surface area contributed by atoms with Gasteiger partial charge in [-0.1, -0.05) is 18.2 Å². The lowest BCUT2D eigenvalue weighted by atomic mass is 10.1. The summed E-state index contributed by atoms with van der Waals surface area (Å²) >= 11 is 5.83. The van der Waals surface area contributed by atoms with E-state index in [2.05, 4.69) is 0 Å². The van der Waals surface area contributed by atoms with Crippen LogP contribution in [0.5, 0.6) is 0 Å². The number of benzene rings is 1. The number of amides is 1. The van der Waals surface area contributed by atoms with Gasteiger partial charge in [0.1, 0.15) is 5.38 Å². The van der Waals surface area contributed by atoms with Crippen molar-refractivity contribution >= 4 is 23.2 Å². The first-order chi connectivity index (χ1) is 8.22. The van der Waals surface area contributed by atoms with Crippen molar-refractivity contribution in [2.24, 2.45) is 0 Å². The maximum Gasteiger partial charge on any atom is 0.227 e. The highest BCUT2D eigenvalue weighted by atomic mass is 35.5. The zero-order valence-corrected chi connectivity index (χ0v) is 10.2. The van der Waals surface area contributed by atoms with Crippen molar-refractivity contribution in [2.45, 2.75) is 24.6 Å². The van der Waals surface area contributed by atoms with Gasteiger partial charge in [-0.3, -0.25) is 4.79 Å². The topological polar surface area (TPSA) is 44.1 Å². The van der Waals surface area contributed by atoms with E-state index in [0.29, 0.717) is 6.42 Å². The Balaban J connectivity index is 2.34. The van der Waals surface area contributed by atoms with Crippen molar-refractivity contribution in [2.75, 3.05) is 11.4 Å². The highest BCUT2D eigenvalue weighted by molar-refractivity contribution is 6.23. The van der Waals surface area contributed by atoms with E-state index in [0.717, 1.165) is 24.1 Å². The molecule has 0 N–H and O–H groups in total. The van der Waals surface area contributed by atoms with Gasteiger partial charge in [-0.2, -0.15) is 5.26 Å². The molecule has 1 aliphatic heterocycles. The van der Waals surface area contributed by atoms with Crippen molar-refractivity contribution in [1.82, 2.24) is 0 Å². The van der Waals surface area contributed by atoms with E-state index in [9.17, 15) is 4.79 Å². The number of rotatable bonds is 2. The lowest BCUT2D eigenvalue weighted by molar-refractivity contribution is -0.118. The molecule has 0 radical (unpaired) electrons. The number of alkyl halides is 1. The van der Waals surface area contributed by atoms with Crippen molar-refractivity contribution in [3.63, 3.8) is 0 Å². The van der Waals surface area contributed by atoms with Gasteiger partial charge in [0, 0.05) is 12.1 Å². The van der Waals surface area contributed by atoms with Gasteiger partial charge in [0.15, 0.2) is 0 Å². The molecule has 1 aliphatic rings. The Morgan fingerprint density at radius 1 is 1.41 bits per heavy atom. The van der Waals surface area contributed by atoms with Gasteiger partial charge in [0.25, 0.3) is 0 Å². The summed E-state index contributed by atoms with van der Waals surface area (Å²) in [7, 11) is 0. The highest BCUT2D eigenvalue weighted by Crippen LogP contribution is 2.27. The number of halogens is 1. The number of aryl methyl sites for hydroxylation is 1. The Morgan fingerprint density at radius 2 is 2.18 bits per heavy atom. The summed E-state index contributed by atoms with van der Waals surface area (Å²) in [6.07, 6.45) is 2.27. The standard InChI is InChI=1S/C13H13ClN2O/c14-11(8-15)9-16-12-6-2-1-4-10(12)5-3-7-13(16)17/h1-2,4,6,11H,3,5,7,9H2. The molecule has 1 aromatic carbocycles. The SMILES string of the molecule is N#CC(Cl)CN1C(=O)CCCc2ccccc21. The van der Waals surface area contributed by atoms with Crippen LogP contribution in [0.2, 0.25) is 0 Å². The van der Waals surface area contributed by atoms with E-state index in [1.165, 1.54) is 0 Å². The summed E-state index contributed by atoms with van der Waals surface area (Å²) in [6.45, 7) is 0.258. The molecule has 1 aromatic rings. The molecule has 88 valence electrons. The average Bonchev–Trinajstić information content (AvgIpc) is 2.50. The van der Waals surface area contributed by atoms with E-state index in [-0.39, 0.29) is 12.5 Å². The number of fused-ring (bicyclic) bond motifs is 1. The first-order valence-corrected chi connectivity index (χ1v) is 6.08. The Bertz CT molecular complexity index is 467. The molecule has 0 spiro atoms. The maximum atomic E-state index is 12.0. The number of hydrogen-bond donors (Lipinski definition) is 0. The van der Waals surface area contributed by atoms with Crippen LogP contribution in [0.25, 0.3) is 0 Å². The number of carbonyl (C=O) groups is 1. The second-order valence-corrected chi connectivity index (χ2v) is 4.61. The predicted octanol–water partition coefficient (Wildman–Crippen LogP) is 2.49. The molecular formula is C13H13ClN2O. The molecule has 0 saturated carbocycles. The molecule has 0 saturated heterocycles. The van der Waals surface area contributed by atoms with Crippen LogP contribution in [-0.4, -0.2) is 17.8 Å². The van der Waals surface area contributed by atoms with Gasteiger partial charge in [-0.25, -0.2) is 0 Å². The molecule has 0 aromatic heterocycles. The molecule has 0 aliphatic carbocycles. The lowest BCUT2D eigenvalue weighted by Crippen LogP contribution is -2.35. The predicted molar refractivity (Wildman–Crippen MR) is 67.0 cm³/mol. The Labute approximate surface area is 106 Å². The number of nitriles is 1. The van der Waals surface area contributed by atoms with Crippen LogP contribution < -0.4 is 4.90 Å². The lowest BCUT2D eigenvalue weighted by Gasteiger charge is -2.23. The zero-order chi connectivity index (χ0) is 12.3. The van der Waals surface area contributed by atoms with Crippen LogP contribution in [0.1, 0.15) is 18.4 Å². The summed E-state index contributed by atoms with van der Waals surface area (Å²) in [5.74, 6) is 0.0517. The second kappa shape index (κ2) is 5.20. The molecule has 1 amide bonds. The smallest absolute Gasteiger partial charge is 0.227 e. The van der Waals surface area contributed by atoms with E-state index in [1.807, 2.05) is 30.3 Å². The Hall–Kier alpha value is -1.53. The molecule has 0 bridgehead atoms. The van der Waals surface area contributed by atoms with Crippen LogP contribution >= 0.6 is 11.6 Å². The van der Waals surface area contributed by atoms with E-state index in [1.54, 1.807) is 4.90 Å². The minimum Gasteiger partial charge on any atom is -0.310 e. The zero-order valence-electron chi connectivity index (χ0n) is 9.40. The quantitative estimate of drug-likeness (QED) is 0.755. The van der Waals surface area contributed by atoms with Gasteiger partial charge in [-0.05, 0) is 24.5 Å². The molecule has 3 nitrogen and oxygen atoms in total. The van der Waals surface area contributed by atoms with E-state index >= 15 is 0 Å². The van der Waals surface area contributed by atoms with Crippen LogP contribution in [0.15, 0.2) is 24.3 Å². The molecule has 0 fully saturated rings. The number of anilines is 1. The Kier molecular flexibility index (Phi) is 3.65. The van der Waals surface area contributed by atoms with Crippen molar-refractivity contribution in [3.05, 3.63) is 29.8 Å². The van der Waals surface area contributed by atoms with Gasteiger partial charge in [0.05, 0.1) is 12.6 Å². The summed E-state index contributed by atoms with van der Waals surface area (Å²) in [5.41, 5.74) is 2.05. The van der Waals surface area contributed by atoms with Crippen LogP contribution in [0, 0.1) is 11.3 Å². The van der Waals surface area contributed by atoms with Gasteiger partial charge < -0.3 is 4.90 Å². The maximum absolute atomic E-state index is 12.0. The van der Waals surface area contributed by atoms with Crippen molar-refractivity contribution in [3.8, 4) is 6.07 Å². The van der Waals surface area contributed by atoms with E-state index < -0.39 is 5.38 Å². The molecule has 1 unspecified atom stereocenters. The summed E-state index contributed by atoms with van der Waals surface area (Å²) in [5, 5.41) is 8.09. The van der Waals surface area contributed by atoms with Crippen LogP contribution in [0.3, 0.4) is 0 Å². The summed E-state index contributed by atoms with van der Waals surface area (Å²) < 4.78 is 0. The highest BCUT2D eigenvalue weighted by Gasteiger charge is 2.23. The molecule has 1 atom stereocenters.